The smallest absolute Gasteiger partial charge is 0.233 e. The molecule has 2 aliphatic heterocycles. The van der Waals surface area contributed by atoms with Gasteiger partial charge in [-0.1, -0.05) is 37.3 Å². The second-order valence-electron chi connectivity index (χ2n) is 7.10. The van der Waals surface area contributed by atoms with Gasteiger partial charge < -0.3 is 9.47 Å². The Kier molecular flexibility index (Phi) is 4.08. The van der Waals surface area contributed by atoms with Crippen molar-refractivity contribution in [2.75, 3.05) is 13.1 Å². The normalized spacial score (nSPS) is 21.5. The van der Waals surface area contributed by atoms with E-state index in [2.05, 4.69) is 33.8 Å². The van der Waals surface area contributed by atoms with Gasteiger partial charge in [0.25, 0.3) is 0 Å². The van der Waals surface area contributed by atoms with E-state index in [0.717, 1.165) is 68.4 Å². The highest BCUT2D eigenvalue weighted by molar-refractivity contribution is 5.83. The molecular weight excluding hydrogens is 300 g/mol. The maximum atomic E-state index is 13.0. The molecule has 1 unspecified atom stereocenters. The molecule has 0 saturated carbocycles. The number of benzene rings is 1. The van der Waals surface area contributed by atoms with E-state index < -0.39 is 0 Å². The van der Waals surface area contributed by atoms with Crippen molar-refractivity contribution in [2.45, 2.75) is 45.1 Å². The minimum Gasteiger partial charge on any atom is -0.342 e. The summed E-state index contributed by atoms with van der Waals surface area (Å²) in [6.07, 6.45) is 4.12. The van der Waals surface area contributed by atoms with E-state index in [9.17, 15) is 4.79 Å². The summed E-state index contributed by atoms with van der Waals surface area (Å²) in [5, 5.41) is 8.81. The van der Waals surface area contributed by atoms with Crippen LogP contribution in [0.2, 0.25) is 0 Å². The van der Waals surface area contributed by atoms with Gasteiger partial charge in [-0.05, 0) is 31.6 Å². The lowest BCUT2D eigenvalue weighted by Crippen LogP contribution is -2.42. The van der Waals surface area contributed by atoms with Crippen LogP contribution in [0.3, 0.4) is 0 Å². The van der Waals surface area contributed by atoms with Gasteiger partial charge in [-0.15, -0.1) is 10.2 Å². The molecule has 1 amide bonds. The van der Waals surface area contributed by atoms with Crippen molar-refractivity contribution in [2.24, 2.45) is 5.92 Å². The van der Waals surface area contributed by atoms with E-state index in [1.54, 1.807) is 0 Å². The van der Waals surface area contributed by atoms with Gasteiger partial charge in [0, 0.05) is 25.2 Å². The third-order valence-electron chi connectivity index (χ3n) is 5.39. The molecule has 2 aromatic rings. The number of aromatic nitrogens is 3. The second-order valence-corrected chi connectivity index (χ2v) is 7.10. The Morgan fingerprint density at radius 2 is 1.79 bits per heavy atom. The Labute approximate surface area is 142 Å². The average molecular weight is 324 g/mol. The standard InChI is InChI=1S/C19H24N4O/c1-14-9-12-22(13-10-14)19(24)16-8-5-11-23-17(20-21-18(16)23)15-6-3-2-4-7-15/h2-4,6-7,14,16H,5,8-13H2,1H3. The molecule has 2 aliphatic rings. The number of hydrogen-bond donors (Lipinski definition) is 0. The summed E-state index contributed by atoms with van der Waals surface area (Å²) in [5.74, 6) is 2.58. The number of carbonyl (C=O) groups is 1. The monoisotopic (exact) mass is 324 g/mol. The van der Waals surface area contributed by atoms with E-state index >= 15 is 0 Å². The van der Waals surface area contributed by atoms with Gasteiger partial charge in [0.2, 0.25) is 5.91 Å². The molecular formula is C19H24N4O. The van der Waals surface area contributed by atoms with E-state index in [1.807, 2.05) is 23.1 Å². The van der Waals surface area contributed by atoms with Crippen LogP contribution in [0.15, 0.2) is 30.3 Å². The highest BCUT2D eigenvalue weighted by Gasteiger charge is 2.34. The lowest BCUT2D eigenvalue weighted by Gasteiger charge is -2.34. The molecule has 1 aromatic heterocycles. The second kappa shape index (κ2) is 6.38. The van der Waals surface area contributed by atoms with E-state index in [4.69, 9.17) is 0 Å². The first kappa shape index (κ1) is 15.4. The number of hydrogen-bond acceptors (Lipinski definition) is 3. The summed E-state index contributed by atoms with van der Waals surface area (Å²) in [4.78, 5) is 15.1. The summed E-state index contributed by atoms with van der Waals surface area (Å²) in [6, 6.07) is 10.1. The molecule has 1 aromatic carbocycles. The number of nitrogens with zero attached hydrogens (tertiary/aromatic N) is 4. The lowest BCUT2D eigenvalue weighted by atomic mass is 9.94. The average Bonchev–Trinajstić information content (AvgIpc) is 3.06. The van der Waals surface area contributed by atoms with Crippen LogP contribution in [0.1, 0.15) is 44.3 Å². The fourth-order valence-corrected chi connectivity index (χ4v) is 3.86. The van der Waals surface area contributed by atoms with Crippen molar-refractivity contribution in [1.82, 2.24) is 19.7 Å². The van der Waals surface area contributed by atoms with Crippen molar-refractivity contribution in [1.29, 1.82) is 0 Å². The van der Waals surface area contributed by atoms with Crippen LogP contribution in [0.4, 0.5) is 0 Å². The number of rotatable bonds is 2. The molecule has 0 spiro atoms. The zero-order valence-electron chi connectivity index (χ0n) is 14.2. The van der Waals surface area contributed by atoms with Crippen LogP contribution in [0, 0.1) is 5.92 Å². The summed E-state index contributed by atoms with van der Waals surface area (Å²) in [5.41, 5.74) is 1.07. The SMILES string of the molecule is CC1CCN(C(=O)C2CCCn3c(-c4ccccc4)nnc32)CC1. The summed E-state index contributed by atoms with van der Waals surface area (Å²) in [7, 11) is 0. The first-order valence-electron chi connectivity index (χ1n) is 9.01. The van der Waals surface area contributed by atoms with Crippen LogP contribution in [-0.4, -0.2) is 38.7 Å². The lowest BCUT2D eigenvalue weighted by molar-refractivity contribution is -0.134. The Morgan fingerprint density at radius 1 is 1.04 bits per heavy atom. The van der Waals surface area contributed by atoms with Crippen molar-refractivity contribution in [3.8, 4) is 11.4 Å². The molecule has 0 N–H and O–H groups in total. The molecule has 0 aliphatic carbocycles. The van der Waals surface area contributed by atoms with Gasteiger partial charge in [-0.3, -0.25) is 4.79 Å². The van der Waals surface area contributed by atoms with Gasteiger partial charge in [0.15, 0.2) is 5.82 Å². The van der Waals surface area contributed by atoms with Crippen molar-refractivity contribution < 1.29 is 4.79 Å². The zero-order chi connectivity index (χ0) is 16.5. The molecule has 0 bridgehead atoms. The number of fused-ring (bicyclic) bond motifs is 1. The Balaban J connectivity index is 1.60. The first-order valence-corrected chi connectivity index (χ1v) is 9.01. The van der Waals surface area contributed by atoms with Gasteiger partial charge in [0.05, 0.1) is 5.92 Å². The van der Waals surface area contributed by atoms with Crippen LogP contribution < -0.4 is 0 Å². The largest absolute Gasteiger partial charge is 0.342 e. The van der Waals surface area contributed by atoms with E-state index in [0.29, 0.717) is 0 Å². The number of piperidine rings is 1. The molecule has 5 heteroatoms. The topological polar surface area (TPSA) is 51.0 Å². The van der Waals surface area contributed by atoms with Gasteiger partial charge in [-0.2, -0.15) is 0 Å². The third-order valence-corrected chi connectivity index (χ3v) is 5.39. The van der Waals surface area contributed by atoms with E-state index in [1.165, 1.54) is 0 Å². The first-order chi connectivity index (χ1) is 11.7. The molecule has 1 fully saturated rings. The molecule has 1 atom stereocenters. The maximum absolute atomic E-state index is 13.0. The maximum Gasteiger partial charge on any atom is 0.233 e. The molecule has 0 radical (unpaired) electrons. The fraction of sp³-hybridized carbons (Fsp3) is 0.526. The summed E-state index contributed by atoms with van der Waals surface area (Å²) >= 11 is 0. The molecule has 4 rings (SSSR count). The van der Waals surface area contributed by atoms with Gasteiger partial charge >= 0.3 is 0 Å². The quantitative estimate of drug-likeness (QED) is 0.853. The van der Waals surface area contributed by atoms with E-state index in [-0.39, 0.29) is 11.8 Å². The molecule has 3 heterocycles. The third kappa shape index (κ3) is 2.72. The van der Waals surface area contributed by atoms with Gasteiger partial charge in [-0.25, -0.2) is 0 Å². The van der Waals surface area contributed by atoms with Crippen molar-refractivity contribution in [3.63, 3.8) is 0 Å². The molecule has 5 nitrogen and oxygen atoms in total. The summed E-state index contributed by atoms with van der Waals surface area (Å²) < 4.78 is 2.15. The van der Waals surface area contributed by atoms with Crippen LogP contribution >= 0.6 is 0 Å². The van der Waals surface area contributed by atoms with Crippen LogP contribution in [0.5, 0.6) is 0 Å². The highest BCUT2D eigenvalue weighted by atomic mass is 16.2. The Morgan fingerprint density at radius 3 is 2.54 bits per heavy atom. The minimum atomic E-state index is -0.128. The zero-order valence-corrected chi connectivity index (χ0v) is 14.2. The minimum absolute atomic E-state index is 0.128. The Hall–Kier alpha value is -2.17. The predicted molar refractivity (Wildman–Crippen MR) is 92.4 cm³/mol. The molecule has 1 saturated heterocycles. The van der Waals surface area contributed by atoms with Crippen LogP contribution in [0.25, 0.3) is 11.4 Å². The van der Waals surface area contributed by atoms with Crippen LogP contribution in [-0.2, 0) is 11.3 Å². The predicted octanol–water partition coefficient (Wildman–Crippen LogP) is 3.08. The fourth-order valence-electron chi connectivity index (χ4n) is 3.86. The Bertz CT molecular complexity index is 716. The highest BCUT2D eigenvalue weighted by Crippen LogP contribution is 2.32. The number of carbonyl (C=O) groups excluding carboxylic acids is 1. The molecule has 126 valence electrons. The number of likely N-dealkylation sites (tertiary alicyclic amines) is 1. The summed E-state index contributed by atoms with van der Waals surface area (Å²) in [6.45, 7) is 4.94. The molecule has 24 heavy (non-hydrogen) atoms. The number of amides is 1. The van der Waals surface area contributed by atoms with Gasteiger partial charge in [0.1, 0.15) is 5.82 Å². The van der Waals surface area contributed by atoms with Crippen molar-refractivity contribution >= 4 is 5.91 Å². The van der Waals surface area contributed by atoms with Crippen molar-refractivity contribution in [3.05, 3.63) is 36.2 Å².